The standard InChI is InChI=1S/C33H30/c1-4-24-15-17-26(18-16-24)33(25-10-6-5-7-11-25)30-20-22(2)14-19-29(30)32-28-13-9-8-12-27(28)23(3)21-31(32)33/h5-13,15-18,20-21H,4,14,19H2,1-3H3. The fraction of sp³-hybridized carbons (Fsp3) is 0.212. The first-order chi connectivity index (χ1) is 16.1. The highest BCUT2D eigenvalue weighted by Gasteiger charge is 2.48. The van der Waals surface area contributed by atoms with Crippen molar-refractivity contribution in [3.63, 3.8) is 0 Å². The molecule has 0 nitrogen and oxygen atoms in total. The largest absolute Gasteiger partial charge is 0.0727 e. The van der Waals surface area contributed by atoms with Crippen LogP contribution in [0.3, 0.4) is 0 Å². The van der Waals surface area contributed by atoms with Crippen molar-refractivity contribution < 1.29 is 0 Å². The van der Waals surface area contributed by atoms with Crippen molar-refractivity contribution in [1.82, 2.24) is 0 Å². The number of aryl methyl sites for hydroxylation is 2. The lowest BCUT2D eigenvalue weighted by molar-refractivity contribution is 0.752. The quantitative estimate of drug-likeness (QED) is 0.308. The summed E-state index contributed by atoms with van der Waals surface area (Å²) >= 11 is 0. The van der Waals surface area contributed by atoms with Gasteiger partial charge in [-0.05, 0) is 88.4 Å². The Bertz CT molecular complexity index is 1430. The lowest BCUT2D eigenvalue weighted by atomic mass is 9.65. The van der Waals surface area contributed by atoms with Crippen molar-refractivity contribution in [2.45, 2.75) is 45.4 Å². The summed E-state index contributed by atoms with van der Waals surface area (Å²) in [5, 5.41) is 2.77. The van der Waals surface area contributed by atoms with Gasteiger partial charge in [0, 0.05) is 0 Å². The van der Waals surface area contributed by atoms with Gasteiger partial charge in [0.15, 0.2) is 0 Å². The van der Waals surface area contributed by atoms with E-state index in [1.807, 2.05) is 0 Å². The SMILES string of the molecule is CCc1ccc(C2(c3ccccc3)C3=C(CCC(C)=C3)c3c2cc(C)c2ccccc32)cc1. The third-order valence-electron chi connectivity index (χ3n) is 7.85. The molecule has 0 aliphatic heterocycles. The molecule has 0 aromatic heterocycles. The molecule has 1 unspecified atom stereocenters. The Hall–Kier alpha value is -3.38. The summed E-state index contributed by atoms with van der Waals surface area (Å²) in [6, 6.07) is 32.1. The van der Waals surface area contributed by atoms with Crippen molar-refractivity contribution in [2.75, 3.05) is 0 Å². The van der Waals surface area contributed by atoms with Crippen molar-refractivity contribution in [3.05, 3.63) is 136 Å². The predicted octanol–water partition coefficient (Wildman–Crippen LogP) is 8.55. The minimum atomic E-state index is -0.283. The molecule has 1 atom stereocenters. The number of hydrogen-bond acceptors (Lipinski definition) is 0. The normalized spacial score (nSPS) is 19.4. The smallest absolute Gasteiger partial charge is 0.0710 e. The van der Waals surface area contributed by atoms with Crippen LogP contribution in [-0.2, 0) is 11.8 Å². The second kappa shape index (κ2) is 7.59. The van der Waals surface area contributed by atoms with Gasteiger partial charge in [-0.2, -0.15) is 0 Å². The van der Waals surface area contributed by atoms with Gasteiger partial charge in [0.25, 0.3) is 0 Å². The summed E-state index contributed by atoms with van der Waals surface area (Å²) < 4.78 is 0. The van der Waals surface area contributed by atoms with Crippen LogP contribution < -0.4 is 0 Å². The van der Waals surface area contributed by atoms with Crippen molar-refractivity contribution in [2.24, 2.45) is 0 Å². The molecule has 0 amide bonds. The molecule has 0 heterocycles. The molecule has 0 N–H and O–H groups in total. The lowest BCUT2D eigenvalue weighted by Gasteiger charge is -2.36. The molecule has 0 heteroatoms. The molecule has 4 aromatic rings. The Morgan fingerprint density at radius 2 is 1.39 bits per heavy atom. The average molecular weight is 427 g/mol. The molecule has 4 aromatic carbocycles. The highest BCUT2D eigenvalue weighted by Crippen LogP contribution is 2.59. The topological polar surface area (TPSA) is 0 Å². The zero-order chi connectivity index (χ0) is 22.6. The molecule has 2 aliphatic carbocycles. The minimum absolute atomic E-state index is 0.283. The number of fused-ring (bicyclic) bond motifs is 4. The molecule has 162 valence electrons. The zero-order valence-corrected chi connectivity index (χ0v) is 19.8. The summed E-state index contributed by atoms with van der Waals surface area (Å²) in [7, 11) is 0. The monoisotopic (exact) mass is 426 g/mol. The van der Waals surface area contributed by atoms with E-state index in [0.717, 1.165) is 19.3 Å². The average Bonchev–Trinajstić information content (AvgIpc) is 3.15. The number of hydrogen-bond donors (Lipinski definition) is 0. The van der Waals surface area contributed by atoms with Gasteiger partial charge in [0.1, 0.15) is 0 Å². The maximum absolute atomic E-state index is 2.50. The van der Waals surface area contributed by atoms with E-state index in [1.54, 1.807) is 0 Å². The summed E-state index contributed by atoms with van der Waals surface area (Å²) in [5.74, 6) is 0. The van der Waals surface area contributed by atoms with E-state index in [9.17, 15) is 0 Å². The van der Waals surface area contributed by atoms with Gasteiger partial charge in [0.05, 0.1) is 5.41 Å². The first-order valence-corrected chi connectivity index (χ1v) is 12.2. The van der Waals surface area contributed by atoms with Gasteiger partial charge >= 0.3 is 0 Å². The predicted molar refractivity (Wildman–Crippen MR) is 141 cm³/mol. The molecule has 0 spiro atoms. The second-order valence-electron chi connectivity index (χ2n) is 9.71. The first kappa shape index (κ1) is 20.2. The lowest BCUT2D eigenvalue weighted by Crippen LogP contribution is -2.30. The molecular formula is C33H30. The van der Waals surface area contributed by atoms with Gasteiger partial charge in [-0.1, -0.05) is 104 Å². The van der Waals surface area contributed by atoms with Crippen LogP contribution in [0.5, 0.6) is 0 Å². The highest BCUT2D eigenvalue weighted by atomic mass is 14.5. The van der Waals surface area contributed by atoms with Crippen LogP contribution in [0, 0.1) is 6.92 Å². The highest BCUT2D eigenvalue weighted by molar-refractivity contribution is 6.03. The van der Waals surface area contributed by atoms with Crippen molar-refractivity contribution in [1.29, 1.82) is 0 Å². The van der Waals surface area contributed by atoms with E-state index in [-0.39, 0.29) is 5.41 Å². The van der Waals surface area contributed by atoms with Gasteiger partial charge < -0.3 is 0 Å². The van der Waals surface area contributed by atoms with E-state index in [2.05, 4.69) is 112 Å². The molecule has 0 saturated carbocycles. The molecule has 0 fully saturated rings. The number of rotatable bonds is 3. The summed E-state index contributed by atoms with van der Waals surface area (Å²) in [6.45, 7) is 6.80. The second-order valence-corrected chi connectivity index (χ2v) is 9.71. The number of allylic oxidation sites excluding steroid dienone is 4. The fourth-order valence-electron chi connectivity index (χ4n) is 6.25. The summed E-state index contributed by atoms with van der Waals surface area (Å²) in [5.41, 5.74) is 12.6. The maximum atomic E-state index is 2.50. The molecule has 2 aliphatic rings. The Morgan fingerprint density at radius 1 is 0.727 bits per heavy atom. The van der Waals surface area contributed by atoms with E-state index in [4.69, 9.17) is 0 Å². The molecule has 6 rings (SSSR count). The Balaban J connectivity index is 1.81. The number of benzene rings is 4. The van der Waals surface area contributed by atoms with Gasteiger partial charge in [-0.15, -0.1) is 0 Å². The van der Waals surface area contributed by atoms with Gasteiger partial charge in [0.2, 0.25) is 0 Å². The van der Waals surface area contributed by atoms with Crippen LogP contribution in [0.2, 0.25) is 0 Å². The van der Waals surface area contributed by atoms with Crippen LogP contribution in [0.1, 0.15) is 60.1 Å². The van der Waals surface area contributed by atoms with Crippen LogP contribution >= 0.6 is 0 Å². The summed E-state index contributed by atoms with van der Waals surface area (Å²) in [4.78, 5) is 0. The van der Waals surface area contributed by atoms with Crippen molar-refractivity contribution in [3.8, 4) is 0 Å². The molecular weight excluding hydrogens is 396 g/mol. The fourth-order valence-corrected chi connectivity index (χ4v) is 6.25. The Morgan fingerprint density at radius 3 is 2.12 bits per heavy atom. The van der Waals surface area contributed by atoms with Gasteiger partial charge in [-0.25, -0.2) is 0 Å². The van der Waals surface area contributed by atoms with E-state index in [1.165, 1.54) is 60.9 Å². The molecule has 0 bridgehead atoms. The van der Waals surface area contributed by atoms with Crippen LogP contribution in [0.15, 0.2) is 102 Å². The van der Waals surface area contributed by atoms with Gasteiger partial charge in [-0.3, -0.25) is 0 Å². The first-order valence-electron chi connectivity index (χ1n) is 12.2. The third kappa shape index (κ3) is 2.83. The van der Waals surface area contributed by atoms with Crippen LogP contribution in [-0.4, -0.2) is 0 Å². The van der Waals surface area contributed by atoms with E-state index < -0.39 is 0 Å². The van der Waals surface area contributed by atoms with Crippen molar-refractivity contribution >= 4 is 16.3 Å². The van der Waals surface area contributed by atoms with E-state index >= 15 is 0 Å². The zero-order valence-electron chi connectivity index (χ0n) is 19.8. The van der Waals surface area contributed by atoms with Crippen LogP contribution in [0.25, 0.3) is 16.3 Å². The Labute approximate surface area is 197 Å². The molecule has 0 radical (unpaired) electrons. The molecule has 0 saturated heterocycles. The molecule has 33 heavy (non-hydrogen) atoms. The minimum Gasteiger partial charge on any atom is -0.0727 e. The van der Waals surface area contributed by atoms with Crippen LogP contribution in [0.4, 0.5) is 0 Å². The van der Waals surface area contributed by atoms with E-state index in [0.29, 0.717) is 0 Å². The summed E-state index contributed by atoms with van der Waals surface area (Å²) in [6.07, 6.45) is 5.81. The third-order valence-corrected chi connectivity index (χ3v) is 7.85. The Kier molecular flexibility index (Phi) is 4.66. The maximum Gasteiger partial charge on any atom is 0.0710 e.